The Balaban J connectivity index is 0.00000289. The van der Waals surface area contributed by atoms with Crippen molar-refractivity contribution in [2.45, 2.75) is 25.4 Å². The molecule has 0 atom stereocenters. The van der Waals surface area contributed by atoms with E-state index in [0.717, 1.165) is 37.5 Å². The number of guanidine groups is 1. The second kappa shape index (κ2) is 12.0. The van der Waals surface area contributed by atoms with Crippen molar-refractivity contribution in [1.29, 1.82) is 0 Å². The summed E-state index contributed by atoms with van der Waals surface area (Å²) >= 11 is 1.79. The molecule has 170 valence electrons. The maximum absolute atomic E-state index is 13.5. The number of aliphatic imine (C=N–C) groups is 1. The van der Waals surface area contributed by atoms with E-state index in [1.165, 1.54) is 17.1 Å². The average Bonchev–Trinajstić information content (AvgIpc) is 3.33. The molecule has 0 bridgehead atoms. The van der Waals surface area contributed by atoms with Crippen molar-refractivity contribution in [3.63, 3.8) is 0 Å². The second-order valence-electron chi connectivity index (χ2n) is 7.31. The summed E-state index contributed by atoms with van der Waals surface area (Å²) in [5.41, 5.74) is 0.863. The number of nitrogens with zero attached hydrogens (tertiary/aromatic N) is 3. The van der Waals surface area contributed by atoms with Crippen LogP contribution in [-0.2, 0) is 6.54 Å². The maximum Gasteiger partial charge on any atom is 0.224 e. The molecule has 2 N–H and O–H groups in total. The zero-order valence-corrected chi connectivity index (χ0v) is 21.0. The van der Waals surface area contributed by atoms with E-state index in [1.807, 2.05) is 12.1 Å². The summed E-state index contributed by atoms with van der Waals surface area (Å²) in [5, 5.41) is 10.3. The summed E-state index contributed by atoms with van der Waals surface area (Å²) in [5.74, 6) is 1.26. The lowest BCUT2D eigenvalue weighted by Crippen LogP contribution is -2.48. The highest BCUT2D eigenvalue weighted by Crippen LogP contribution is 2.25. The van der Waals surface area contributed by atoms with Crippen molar-refractivity contribution in [3.8, 4) is 11.6 Å². The minimum atomic E-state index is -0.345. The first-order valence-corrected chi connectivity index (χ1v) is 11.2. The predicted molar refractivity (Wildman–Crippen MR) is 139 cm³/mol. The largest absolute Gasteiger partial charge is 0.439 e. The third kappa shape index (κ3) is 6.55. The Hall–Kier alpha value is -2.40. The van der Waals surface area contributed by atoms with Gasteiger partial charge in [-0.05, 0) is 48.6 Å². The number of rotatable bonds is 6. The van der Waals surface area contributed by atoms with Gasteiger partial charge in [0.15, 0.2) is 5.96 Å². The van der Waals surface area contributed by atoms with Crippen molar-refractivity contribution in [3.05, 3.63) is 71.5 Å². The number of hydrogen-bond acceptors (Lipinski definition) is 5. The van der Waals surface area contributed by atoms with Crippen LogP contribution >= 0.6 is 35.3 Å². The van der Waals surface area contributed by atoms with Gasteiger partial charge >= 0.3 is 0 Å². The van der Waals surface area contributed by atoms with Crippen LogP contribution in [0.15, 0.2) is 65.1 Å². The number of aromatic nitrogens is 1. The normalized spacial score (nSPS) is 14.6. The van der Waals surface area contributed by atoms with E-state index in [0.29, 0.717) is 24.2 Å². The standard InChI is InChI=1S/C23H26FN5OS.HI/c1-25-23(28-19-9-12-29(13-10-19)21-8-4-14-31-21)27-16-17-5-3-11-26-22(17)30-20-7-2-6-18(24)15-20;/h2-8,11,14-15,19H,9-10,12-13,16H2,1H3,(H2,25,27,28);1H. The van der Waals surface area contributed by atoms with Crippen molar-refractivity contribution >= 4 is 46.3 Å². The van der Waals surface area contributed by atoms with E-state index in [9.17, 15) is 4.39 Å². The Morgan fingerprint density at radius 3 is 2.78 bits per heavy atom. The van der Waals surface area contributed by atoms with Gasteiger partial charge in [-0.25, -0.2) is 9.37 Å². The van der Waals surface area contributed by atoms with Gasteiger partial charge in [0, 0.05) is 50.6 Å². The number of nitrogens with one attached hydrogen (secondary N) is 2. The fourth-order valence-electron chi connectivity index (χ4n) is 3.55. The predicted octanol–water partition coefficient (Wildman–Crippen LogP) is 5.03. The second-order valence-corrected chi connectivity index (χ2v) is 8.24. The lowest BCUT2D eigenvalue weighted by molar-refractivity contribution is 0.449. The fourth-order valence-corrected chi connectivity index (χ4v) is 4.34. The molecule has 1 aliphatic rings. The number of hydrogen-bond donors (Lipinski definition) is 2. The van der Waals surface area contributed by atoms with Crippen LogP contribution in [0.1, 0.15) is 18.4 Å². The molecule has 1 aliphatic heterocycles. The van der Waals surface area contributed by atoms with Gasteiger partial charge in [-0.3, -0.25) is 4.99 Å². The molecule has 0 aliphatic carbocycles. The molecule has 3 heterocycles. The molecule has 0 saturated carbocycles. The minimum absolute atomic E-state index is 0. The highest BCUT2D eigenvalue weighted by molar-refractivity contribution is 14.0. The lowest BCUT2D eigenvalue weighted by Gasteiger charge is -2.33. The van der Waals surface area contributed by atoms with Gasteiger partial charge in [0.05, 0.1) is 5.00 Å². The van der Waals surface area contributed by atoms with E-state index in [4.69, 9.17) is 4.74 Å². The molecule has 0 radical (unpaired) electrons. The zero-order valence-electron chi connectivity index (χ0n) is 17.8. The number of anilines is 1. The Labute approximate surface area is 208 Å². The van der Waals surface area contributed by atoms with E-state index in [1.54, 1.807) is 36.7 Å². The van der Waals surface area contributed by atoms with Gasteiger partial charge in [0.2, 0.25) is 5.88 Å². The van der Waals surface area contributed by atoms with Crippen LogP contribution in [-0.4, -0.2) is 37.1 Å². The van der Waals surface area contributed by atoms with Crippen LogP contribution in [0, 0.1) is 5.82 Å². The molecule has 32 heavy (non-hydrogen) atoms. The van der Waals surface area contributed by atoms with E-state index >= 15 is 0 Å². The molecule has 2 aromatic heterocycles. The Kier molecular flexibility index (Phi) is 9.10. The molecule has 1 aromatic carbocycles. The molecular weight excluding hydrogens is 540 g/mol. The minimum Gasteiger partial charge on any atom is -0.439 e. The molecule has 6 nitrogen and oxygen atoms in total. The molecule has 1 saturated heterocycles. The number of benzene rings is 1. The van der Waals surface area contributed by atoms with Gasteiger partial charge in [-0.1, -0.05) is 12.1 Å². The molecule has 4 rings (SSSR count). The molecule has 9 heteroatoms. The third-order valence-electron chi connectivity index (χ3n) is 5.18. The van der Waals surface area contributed by atoms with E-state index in [-0.39, 0.29) is 29.8 Å². The number of pyridine rings is 1. The molecular formula is C23H27FIN5OS. The van der Waals surface area contributed by atoms with Gasteiger partial charge in [-0.2, -0.15) is 0 Å². The lowest BCUT2D eigenvalue weighted by atomic mass is 10.1. The van der Waals surface area contributed by atoms with Crippen LogP contribution in [0.4, 0.5) is 9.39 Å². The summed E-state index contributed by atoms with van der Waals surface area (Å²) in [4.78, 5) is 11.1. The van der Waals surface area contributed by atoms with Crippen LogP contribution in [0.2, 0.25) is 0 Å². The Bertz CT molecular complexity index is 1010. The van der Waals surface area contributed by atoms with Crippen LogP contribution in [0.3, 0.4) is 0 Å². The summed E-state index contributed by atoms with van der Waals surface area (Å²) < 4.78 is 19.3. The monoisotopic (exact) mass is 567 g/mol. The van der Waals surface area contributed by atoms with Gasteiger partial charge < -0.3 is 20.3 Å². The van der Waals surface area contributed by atoms with E-state index in [2.05, 4.69) is 43.0 Å². The van der Waals surface area contributed by atoms with Crippen LogP contribution < -0.4 is 20.3 Å². The number of thiophene rings is 1. The number of piperidine rings is 1. The summed E-state index contributed by atoms with van der Waals surface area (Å²) in [6, 6.07) is 14.5. The fraction of sp³-hybridized carbons (Fsp3) is 0.304. The quantitative estimate of drug-likeness (QED) is 0.249. The maximum atomic E-state index is 13.5. The number of ether oxygens (including phenoxy) is 1. The van der Waals surface area contributed by atoms with Crippen molar-refractivity contribution < 1.29 is 9.13 Å². The van der Waals surface area contributed by atoms with Crippen molar-refractivity contribution in [1.82, 2.24) is 15.6 Å². The highest BCUT2D eigenvalue weighted by atomic mass is 127. The molecule has 1 fully saturated rings. The first-order valence-electron chi connectivity index (χ1n) is 10.3. The third-order valence-corrected chi connectivity index (χ3v) is 6.11. The van der Waals surface area contributed by atoms with E-state index < -0.39 is 0 Å². The summed E-state index contributed by atoms with van der Waals surface area (Å²) in [6.07, 6.45) is 3.77. The highest BCUT2D eigenvalue weighted by Gasteiger charge is 2.20. The molecule has 3 aromatic rings. The summed E-state index contributed by atoms with van der Waals surface area (Å²) in [7, 11) is 1.77. The number of halogens is 2. The van der Waals surface area contributed by atoms with Gasteiger partial charge in [0.1, 0.15) is 11.6 Å². The first kappa shape index (κ1) is 24.2. The Morgan fingerprint density at radius 2 is 2.06 bits per heavy atom. The average molecular weight is 567 g/mol. The van der Waals surface area contributed by atoms with Gasteiger partial charge in [0.25, 0.3) is 0 Å². The van der Waals surface area contributed by atoms with Crippen LogP contribution in [0.25, 0.3) is 0 Å². The summed E-state index contributed by atoms with van der Waals surface area (Å²) in [6.45, 7) is 2.55. The van der Waals surface area contributed by atoms with Gasteiger partial charge in [-0.15, -0.1) is 35.3 Å². The van der Waals surface area contributed by atoms with Crippen molar-refractivity contribution in [2.75, 3.05) is 25.0 Å². The van der Waals surface area contributed by atoms with Crippen LogP contribution in [0.5, 0.6) is 11.6 Å². The first-order chi connectivity index (χ1) is 15.2. The topological polar surface area (TPSA) is 61.8 Å². The van der Waals surface area contributed by atoms with Crippen molar-refractivity contribution in [2.24, 2.45) is 4.99 Å². The molecule has 0 spiro atoms. The Morgan fingerprint density at radius 1 is 1.22 bits per heavy atom. The molecule has 0 amide bonds. The SMILES string of the molecule is CN=C(NCc1cccnc1Oc1cccc(F)c1)NC1CCN(c2cccs2)CC1.I. The zero-order chi connectivity index (χ0) is 21.5. The molecule has 0 unspecified atom stereocenters. The smallest absolute Gasteiger partial charge is 0.224 e.